The zero-order chi connectivity index (χ0) is 95.5. The van der Waals surface area contributed by atoms with E-state index in [9.17, 15) is 75.3 Å². The number of aliphatic carboxylic acids is 1. The molecule has 9 amide bonds. The van der Waals surface area contributed by atoms with Crippen LogP contribution in [0.2, 0.25) is 87.6 Å². The minimum absolute atomic E-state index is 0.0992. The first kappa shape index (κ1) is 113. The molecule has 0 aromatic heterocycles. The predicted molar refractivity (Wildman–Crippen MR) is 464 cm³/mol. The minimum Gasteiger partial charge on any atom is -0.480 e. The summed E-state index contributed by atoms with van der Waals surface area (Å²) in [5.41, 5.74) is 2.89. The highest BCUT2D eigenvalue weighted by molar-refractivity contribution is 7.89. The maximum absolute atomic E-state index is 16.1. The molecule has 2 fully saturated rings. The van der Waals surface area contributed by atoms with E-state index in [2.05, 4.69) is 25.6 Å². The highest BCUT2D eigenvalue weighted by atomic mass is 32.2. The van der Waals surface area contributed by atoms with Crippen LogP contribution in [0.1, 0.15) is 136 Å². The summed E-state index contributed by atoms with van der Waals surface area (Å²) in [5, 5.41) is 36.5. The fraction of sp³-hybridized carbons (Fsp3) is 0.842. The zero-order valence-corrected chi connectivity index (χ0v) is 83.7. The normalized spacial score (nSPS) is 16.8. The molecule has 2 aliphatic rings. The van der Waals surface area contributed by atoms with Crippen LogP contribution in [0.3, 0.4) is 0 Å². The van der Waals surface area contributed by atoms with Gasteiger partial charge in [-0.1, -0.05) is 80.8 Å². The van der Waals surface area contributed by atoms with Crippen LogP contribution in [0.5, 0.6) is 0 Å². The third kappa shape index (κ3) is 38.6. The molecule has 0 saturated carbocycles. The van der Waals surface area contributed by atoms with E-state index in [1.54, 1.807) is 26.2 Å². The van der Waals surface area contributed by atoms with Crippen LogP contribution < -0.4 is 31.3 Å². The first-order valence-corrected chi connectivity index (χ1v) is 57.5. The van der Waals surface area contributed by atoms with Gasteiger partial charge in [-0.15, -0.1) is 0 Å². The number of amides is 9. The van der Waals surface area contributed by atoms with Crippen molar-refractivity contribution in [2.24, 2.45) is 5.73 Å². The highest BCUT2D eigenvalue weighted by Crippen LogP contribution is 2.41. The fourth-order valence-electron chi connectivity index (χ4n) is 11.6. The summed E-state index contributed by atoms with van der Waals surface area (Å²) in [5.74, 6) is -14.1. The lowest BCUT2D eigenvalue weighted by molar-refractivity contribution is -0.197. The molecule has 712 valence electrons. The average molecular weight is 1870 g/mol. The van der Waals surface area contributed by atoms with E-state index >= 15 is 14.4 Å². The van der Waals surface area contributed by atoms with Crippen molar-refractivity contribution in [2.45, 2.75) is 308 Å². The Hall–Kier alpha value is -6.43. The number of hydrogen-bond acceptors (Lipinski definition) is 29. The number of aliphatic hydroxyl groups is 2. The van der Waals surface area contributed by atoms with E-state index in [1.165, 1.54) is 48.6 Å². The number of hydrazine groups is 2. The Morgan fingerprint density at radius 3 is 1.10 bits per heavy atom. The smallest absolute Gasteiger partial charge is 0.426 e. The molecule has 10 N–H and O–H groups in total. The van der Waals surface area contributed by atoms with Crippen molar-refractivity contribution in [1.82, 2.24) is 55.2 Å². The molecule has 2 rings (SSSR count). The van der Waals surface area contributed by atoms with Gasteiger partial charge in [0.2, 0.25) is 49.6 Å². The molecule has 2 aliphatic heterocycles. The van der Waals surface area contributed by atoms with Crippen molar-refractivity contribution < 1.29 is 136 Å². The van der Waals surface area contributed by atoms with Gasteiger partial charge >= 0.3 is 30.1 Å². The monoisotopic (exact) mass is 1870 g/mol. The Balaban J connectivity index is 3.03. The molecular formula is C76H146N12O29S2Si4. The van der Waals surface area contributed by atoms with Crippen molar-refractivity contribution in [1.29, 1.82) is 0 Å². The van der Waals surface area contributed by atoms with Gasteiger partial charge in [0.15, 0.2) is 53.4 Å². The van der Waals surface area contributed by atoms with Gasteiger partial charge in [0.05, 0.1) is 87.5 Å². The van der Waals surface area contributed by atoms with Crippen molar-refractivity contribution in [3.63, 3.8) is 0 Å². The van der Waals surface area contributed by atoms with Gasteiger partial charge in [-0.25, -0.2) is 61.7 Å². The minimum atomic E-state index is -4.68. The fourth-order valence-corrected chi connectivity index (χ4v) is 22.7. The molecular weight excluding hydrogens is 1720 g/mol. The number of nitrogens with zero attached hydrogens (tertiary/aromatic N) is 6. The SMILES string of the molecule is CN(CC(=O)N(C)[C@H](C(=O)OC[C@@H](NS(=O)(=O)CC[Si](C)(C)C)C(=O)N(NC(=O)OC(C)(C)C)[C@H](C(=O)NCC(=O)N(C)CC(=O)N(C)[C@H](C(=O)OC[C@@H](NS(=O)(=O)CC[Si](C)(C)C)C(=O)N(NC(=O)OC(C)(C)C)[C@H](C(=O)O)[C@H](CC1OCCCO1)O[Si](C)(C)C(C)(C)C)C(C)(C)O)[C@H](CC1OCCCO1)O[Si](C)(C)C(C)(C)C)C(C)(C)O)C(=O)CN. The van der Waals surface area contributed by atoms with E-state index in [1.807, 2.05) is 80.8 Å². The second kappa shape index (κ2) is 45.5. The summed E-state index contributed by atoms with van der Waals surface area (Å²) in [6.45, 7) is 37.6. The molecule has 0 aromatic carbocycles. The molecule has 41 nitrogen and oxygen atoms in total. The average Bonchev–Trinajstić information content (AvgIpc) is 0.783. The second-order valence-electron chi connectivity index (χ2n) is 39.6. The molecule has 2 heterocycles. The Morgan fingerprint density at radius 2 is 0.805 bits per heavy atom. The molecule has 2 saturated heterocycles. The lowest BCUT2D eigenvalue weighted by Gasteiger charge is -2.44. The summed E-state index contributed by atoms with van der Waals surface area (Å²) >= 11 is 0. The molecule has 0 aliphatic carbocycles. The number of sulfonamides is 2. The van der Waals surface area contributed by atoms with Crippen LogP contribution in [0.4, 0.5) is 9.59 Å². The van der Waals surface area contributed by atoms with E-state index in [-0.39, 0.29) is 44.9 Å². The third-order valence-electron chi connectivity index (χ3n) is 20.4. The Labute approximate surface area is 730 Å². The number of nitrogens with one attached hydrogen (secondary N) is 5. The van der Waals surface area contributed by atoms with Crippen molar-refractivity contribution >= 4 is 124 Å². The van der Waals surface area contributed by atoms with Gasteiger partial charge in [0.1, 0.15) is 36.5 Å². The van der Waals surface area contributed by atoms with Crippen molar-refractivity contribution in [3.05, 3.63) is 0 Å². The third-order valence-corrected chi connectivity index (χ3v) is 36.4. The maximum Gasteiger partial charge on any atom is 0.426 e. The lowest BCUT2D eigenvalue weighted by Crippen LogP contribution is -2.68. The molecule has 0 radical (unpaired) electrons. The van der Waals surface area contributed by atoms with Gasteiger partial charge < -0.3 is 92.7 Å². The maximum atomic E-state index is 16.1. The molecule has 0 unspecified atom stereocenters. The van der Waals surface area contributed by atoms with Crippen LogP contribution in [0, 0.1) is 0 Å². The van der Waals surface area contributed by atoms with E-state index in [0.717, 1.165) is 63.5 Å². The standard InChI is InChI=1S/C76H146N12O29S2Si4/c1-71(2,3)114-69(100)79-87(64(94)49(81-118(104,105)37-39-120(21,22)23)47-112-67(98)61(75(13,14)102)85(19)55(91)45-83(17)53(89)43-77)59(51(41-57-108-33-31-34-109-57)116-122(27,28)73(7,8)9)63(93)78-44-54(90)84(18)46-56(92)86(20)62(76(15,16)103)68(99)113-48-50(82-119(106,107)38-40-121(24,25)26)65(95)88(80-70(101)115-72(4,5)6)60(66(96)97)52(42-58-110-35-32-36-111-58)117-123(29,30)74(10,11)12/h49-52,57-62,81-82,102-103H,31-48,77H2,1-30H3,(H,78,93)(H,79,100)(H,80,101)(H,96,97)/t49-,50-,51+,52+,59+,60+,61-,62-/m1/s1. The van der Waals surface area contributed by atoms with Gasteiger partial charge in [0, 0.05) is 57.2 Å². The molecule has 0 bridgehead atoms. The number of carboxylic acid groups (broad SMARTS) is 1. The number of carbonyl (C=O) groups is 12. The van der Waals surface area contributed by atoms with Gasteiger partial charge in [-0.05, 0) is 130 Å². The molecule has 123 heavy (non-hydrogen) atoms. The lowest BCUT2D eigenvalue weighted by atomic mass is 9.97. The van der Waals surface area contributed by atoms with E-state index in [0.29, 0.717) is 27.8 Å². The Morgan fingerprint density at radius 1 is 0.488 bits per heavy atom. The Bertz CT molecular complexity index is 3840. The van der Waals surface area contributed by atoms with Crippen LogP contribution >= 0.6 is 0 Å². The number of esters is 2. The van der Waals surface area contributed by atoms with E-state index < -0.39 is 275 Å². The summed E-state index contributed by atoms with van der Waals surface area (Å²) in [7, 11) is -15.7. The topological polar surface area (TPSA) is 532 Å². The zero-order valence-electron chi connectivity index (χ0n) is 78.0. The molecule has 0 aromatic rings. The van der Waals surface area contributed by atoms with Gasteiger partial charge in [-0.2, -0.15) is 9.44 Å². The van der Waals surface area contributed by atoms with Crippen LogP contribution in [0.25, 0.3) is 0 Å². The molecule has 0 spiro atoms. The van der Waals surface area contributed by atoms with Crippen LogP contribution in [-0.4, -0.2) is 355 Å². The van der Waals surface area contributed by atoms with E-state index in [4.69, 9.17) is 52.5 Å². The first-order chi connectivity index (χ1) is 55.5. The van der Waals surface area contributed by atoms with Crippen molar-refractivity contribution in [2.75, 3.05) is 106 Å². The molecule has 47 heteroatoms. The van der Waals surface area contributed by atoms with Gasteiger partial charge in [0.25, 0.3) is 11.8 Å². The highest BCUT2D eigenvalue weighted by Gasteiger charge is 2.53. The van der Waals surface area contributed by atoms with Crippen molar-refractivity contribution in [3.8, 4) is 0 Å². The second-order valence-corrected chi connectivity index (χ2v) is 64.1. The summed E-state index contributed by atoms with van der Waals surface area (Å²) in [4.78, 5) is 178. The largest absolute Gasteiger partial charge is 0.480 e. The quantitative estimate of drug-likeness (QED) is 0.0183. The first-order valence-electron chi connectivity index (χ1n) is 40.9. The number of hydrogen-bond donors (Lipinski definition) is 9. The predicted octanol–water partition coefficient (Wildman–Crippen LogP) is 2.96. The number of rotatable bonds is 43. The van der Waals surface area contributed by atoms with Crippen LogP contribution in [-0.2, 0) is 115 Å². The number of likely N-dealkylation sites (N-methyl/N-ethyl adjacent to an activating group) is 4. The molecule has 8 atom stereocenters. The van der Waals surface area contributed by atoms with Gasteiger partial charge in [-0.3, -0.25) is 33.6 Å². The number of carboxylic acids is 1. The Kier molecular flexibility index (Phi) is 41.7. The summed E-state index contributed by atoms with van der Waals surface area (Å²) < 4.78 is 122. The number of nitrogens with two attached hydrogens (primary N) is 1. The van der Waals surface area contributed by atoms with Crippen LogP contribution in [0.15, 0.2) is 0 Å². The summed E-state index contributed by atoms with van der Waals surface area (Å²) in [6, 6.07) is -13.0. The number of carbonyl (C=O) groups excluding carboxylic acids is 11. The number of ether oxygens (including phenoxy) is 8. The summed E-state index contributed by atoms with van der Waals surface area (Å²) in [6.07, 6.45) is -8.30.